The lowest BCUT2D eigenvalue weighted by Gasteiger charge is -2.32. The van der Waals surface area contributed by atoms with E-state index in [4.69, 9.17) is 10.7 Å². The predicted molar refractivity (Wildman–Crippen MR) is 71.4 cm³/mol. The highest BCUT2D eigenvalue weighted by Crippen LogP contribution is 2.23. The van der Waals surface area contributed by atoms with Gasteiger partial charge in [0.05, 0.1) is 5.69 Å². The van der Waals surface area contributed by atoms with Crippen LogP contribution in [0.15, 0.2) is 6.20 Å². The van der Waals surface area contributed by atoms with Crippen LogP contribution in [0, 0.1) is 0 Å². The van der Waals surface area contributed by atoms with Gasteiger partial charge in [0, 0.05) is 31.4 Å². The van der Waals surface area contributed by atoms with Crippen LogP contribution in [0.4, 0.5) is 5.95 Å². The fraction of sp³-hybridized carbons (Fsp3) is 0.769. The first kappa shape index (κ1) is 12.4. The smallest absolute Gasteiger partial charge is 0.206 e. The Morgan fingerprint density at radius 1 is 1.53 bits per heavy atom. The standard InChI is InChI=1S/C13H24N4/c1-4-12-9-17(10(2)3)13(15-12)16-7-5-6-11(14)8-16/h9-11H,4-8,14H2,1-3H3/t11-/m1/s1. The maximum absolute atomic E-state index is 6.05. The van der Waals surface area contributed by atoms with E-state index < -0.39 is 0 Å². The van der Waals surface area contributed by atoms with E-state index in [0.717, 1.165) is 31.9 Å². The second-order valence-corrected chi connectivity index (χ2v) is 5.24. The molecule has 1 aromatic rings. The van der Waals surface area contributed by atoms with Crippen LogP contribution in [-0.2, 0) is 6.42 Å². The average molecular weight is 236 g/mol. The lowest BCUT2D eigenvalue weighted by atomic mass is 10.1. The first-order valence-corrected chi connectivity index (χ1v) is 6.70. The van der Waals surface area contributed by atoms with Crippen molar-refractivity contribution < 1.29 is 0 Å². The van der Waals surface area contributed by atoms with Gasteiger partial charge in [-0.25, -0.2) is 4.98 Å². The Morgan fingerprint density at radius 3 is 2.88 bits per heavy atom. The molecule has 17 heavy (non-hydrogen) atoms. The monoisotopic (exact) mass is 236 g/mol. The van der Waals surface area contributed by atoms with Crippen LogP contribution >= 0.6 is 0 Å². The summed E-state index contributed by atoms with van der Waals surface area (Å²) in [5, 5.41) is 0. The summed E-state index contributed by atoms with van der Waals surface area (Å²) >= 11 is 0. The third-order valence-corrected chi connectivity index (χ3v) is 3.42. The molecule has 4 heteroatoms. The summed E-state index contributed by atoms with van der Waals surface area (Å²) in [6, 6.07) is 0.752. The van der Waals surface area contributed by atoms with E-state index in [9.17, 15) is 0 Å². The number of nitrogens with zero attached hydrogens (tertiary/aromatic N) is 3. The Morgan fingerprint density at radius 2 is 2.29 bits per heavy atom. The van der Waals surface area contributed by atoms with Crippen LogP contribution in [-0.4, -0.2) is 28.7 Å². The maximum Gasteiger partial charge on any atom is 0.206 e. The van der Waals surface area contributed by atoms with Crippen LogP contribution in [0.25, 0.3) is 0 Å². The van der Waals surface area contributed by atoms with E-state index in [-0.39, 0.29) is 0 Å². The molecule has 1 aromatic heterocycles. The fourth-order valence-corrected chi connectivity index (χ4v) is 2.41. The van der Waals surface area contributed by atoms with Gasteiger partial charge >= 0.3 is 0 Å². The van der Waals surface area contributed by atoms with Crippen LogP contribution in [0.5, 0.6) is 0 Å². The number of hydrogen-bond donors (Lipinski definition) is 1. The molecule has 0 radical (unpaired) electrons. The van der Waals surface area contributed by atoms with Crippen molar-refractivity contribution in [3.05, 3.63) is 11.9 Å². The number of piperidine rings is 1. The van der Waals surface area contributed by atoms with Crippen molar-refractivity contribution in [3.63, 3.8) is 0 Å². The normalized spacial score (nSPS) is 21.2. The summed E-state index contributed by atoms with van der Waals surface area (Å²) in [4.78, 5) is 7.08. The molecule has 2 rings (SSSR count). The molecule has 2 heterocycles. The molecule has 96 valence electrons. The van der Waals surface area contributed by atoms with Crippen LogP contribution in [0.3, 0.4) is 0 Å². The summed E-state index contributed by atoms with van der Waals surface area (Å²) in [5.41, 5.74) is 7.22. The van der Waals surface area contributed by atoms with Crippen LogP contribution in [0.2, 0.25) is 0 Å². The zero-order valence-electron chi connectivity index (χ0n) is 11.2. The highest BCUT2D eigenvalue weighted by molar-refractivity contribution is 5.35. The first-order chi connectivity index (χ1) is 8.11. The molecule has 0 aromatic carbocycles. The van der Waals surface area contributed by atoms with E-state index in [1.165, 1.54) is 12.1 Å². The molecule has 0 amide bonds. The van der Waals surface area contributed by atoms with Gasteiger partial charge in [-0.1, -0.05) is 6.92 Å². The number of nitrogens with two attached hydrogens (primary N) is 1. The van der Waals surface area contributed by atoms with Crippen molar-refractivity contribution in [2.45, 2.75) is 52.1 Å². The molecule has 4 nitrogen and oxygen atoms in total. The molecule has 1 atom stereocenters. The molecule has 0 bridgehead atoms. The van der Waals surface area contributed by atoms with Gasteiger partial charge in [-0.05, 0) is 33.1 Å². The molecule has 0 saturated carbocycles. The zero-order chi connectivity index (χ0) is 12.4. The highest BCUT2D eigenvalue weighted by Gasteiger charge is 2.22. The molecule has 0 spiro atoms. The number of anilines is 1. The minimum absolute atomic E-state index is 0.297. The maximum atomic E-state index is 6.05. The van der Waals surface area contributed by atoms with Gasteiger partial charge in [0.1, 0.15) is 0 Å². The molecular formula is C13H24N4. The van der Waals surface area contributed by atoms with E-state index in [2.05, 4.69) is 36.4 Å². The minimum atomic E-state index is 0.297. The second kappa shape index (κ2) is 5.08. The lowest BCUT2D eigenvalue weighted by molar-refractivity contribution is 0.485. The molecule has 1 aliphatic heterocycles. The second-order valence-electron chi connectivity index (χ2n) is 5.24. The molecule has 1 saturated heterocycles. The van der Waals surface area contributed by atoms with Gasteiger partial charge in [-0.3, -0.25) is 0 Å². The van der Waals surface area contributed by atoms with Crippen molar-refractivity contribution in [2.75, 3.05) is 18.0 Å². The van der Waals surface area contributed by atoms with Crippen LogP contribution < -0.4 is 10.6 Å². The Balaban J connectivity index is 2.26. The van der Waals surface area contributed by atoms with E-state index in [0.29, 0.717) is 12.1 Å². The first-order valence-electron chi connectivity index (χ1n) is 6.70. The molecule has 2 N–H and O–H groups in total. The van der Waals surface area contributed by atoms with Gasteiger partial charge in [0.25, 0.3) is 0 Å². The van der Waals surface area contributed by atoms with Crippen molar-refractivity contribution in [3.8, 4) is 0 Å². The van der Waals surface area contributed by atoms with E-state index in [1.807, 2.05) is 0 Å². The summed E-state index contributed by atoms with van der Waals surface area (Å²) in [5.74, 6) is 1.10. The Hall–Kier alpha value is -1.03. The number of rotatable bonds is 3. The van der Waals surface area contributed by atoms with Gasteiger partial charge < -0.3 is 15.2 Å². The Bertz CT molecular complexity index is 369. The molecule has 0 aliphatic carbocycles. The number of aryl methyl sites for hydroxylation is 1. The molecule has 0 unspecified atom stereocenters. The zero-order valence-corrected chi connectivity index (χ0v) is 11.2. The van der Waals surface area contributed by atoms with Gasteiger partial charge in [-0.2, -0.15) is 0 Å². The largest absolute Gasteiger partial charge is 0.341 e. The van der Waals surface area contributed by atoms with Crippen molar-refractivity contribution >= 4 is 5.95 Å². The number of aromatic nitrogens is 2. The van der Waals surface area contributed by atoms with Gasteiger partial charge in [0.15, 0.2) is 0 Å². The third kappa shape index (κ3) is 2.63. The summed E-state index contributed by atoms with van der Waals surface area (Å²) in [6.45, 7) is 8.58. The predicted octanol–water partition coefficient (Wildman–Crippen LogP) is 1.95. The molecule has 1 aliphatic rings. The Kier molecular flexibility index (Phi) is 3.72. The average Bonchev–Trinajstić information content (AvgIpc) is 2.73. The number of imidazole rings is 1. The van der Waals surface area contributed by atoms with Crippen molar-refractivity contribution in [2.24, 2.45) is 5.73 Å². The van der Waals surface area contributed by atoms with Crippen molar-refractivity contribution in [1.82, 2.24) is 9.55 Å². The summed E-state index contributed by atoms with van der Waals surface area (Å²) in [7, 11) is 0. The lowest BCUT2D eigenvalue weighted by Crippen LogP contribution is -2.44. The highest BCUT2D eigenvalue weighted by atomic mass is 15.3. The Labute approximate surface area is 104 Å². The quantitative estimate of drug-likeness (QED) is 0.872. The van der Waals surface area contributed by atoms with Crippen molar-refractivity contribution in [1.29, 1.82) is 0 Å². The van der Waals surface area contributed by atoms with E-state index in [1.54, 1.807) is 0 Å². The minimum Gasteiger partial charge on any atom is -0.341 e. The summed E-state index contributed by atoms with van der Waals surface area (Å²) < 4.78 is 2.27. The third-order valence-electron chi connectivity index (χ3n) is 3.42. The topological polar surface area (TPSA) is 47.1 Å². The SMILES string of the molecule is CCc1cn(C(C)C)c(N2CCC[C@@H](N)C2)n1. The fourth-order valence-electron chi connectivity index (χ4n) is 2.41. The molecule has 1 fully saturated rings. The van der Waals surface area contributed by atoms with Gasteiger partial charge in [-0.15, -0.1) is 0 Å². The number of hydrogen-bond acceptors (Lipinski definition) is 3. The van der Waals surface area contributed by atoms with Crippen LogP contribution in [0.1, 0.15) is 45.3 Å². The van der Waals surface area contributed by atoms with E-state index >= 15 is 0 Å². The summed E-state index contributed by atoms with van der Waals surface area (Å²) in [6.07, 6.45) is 5.49. The molecular weight excluding hydrogens is 212 g/mol. The van der Waals surface area contributed by atoms with Gasteiger partial charge in [0.2, 0.25) is 5.95 Å².